The van der Waals surface area contributed by atoms with E-state index in [1.54, 1.807) is 0 Å². The van der Waals surface area contributed by atoms with Crippen molar-refractivity contribution >= 4 is 12.6 Å². The summed E-state index contributed by atoms with van der Waals surface area (Å²) in [6.45, 7) is 0. The number of rotatable bonds is 0. The minimum atomic E-state index is -1.49. The molecule has 0 nitrogen and oxygen atoms in total. The Morgan fingerprint density at radius 2 is 1.57 bits per heavy atom. The first kappa shape index (κ1) is 10.9. The van der Waals surface area contributed by atoms with Crippen molar-refractivity contribution in [1.29, 1.82) is 0 Å². The van der Waals surface area contributed by atoms with Crippen molar-refractivity contribution in [3.8, 4) is 11.8 Å². The van der Waals surface area contributed by atoms with E-state index in [4.69, 9.17) is 0 Å². The maximum atomic E-state index is 12.9. The zero-order valence-electron chi connectivity index (χ0n) is 6.74. The quantitative estimate of drug-likeness (QED) is 0.295. The molecule has 0 aliphatic carbocycles. The summed E-state index contributed by atoms with van der Waals surface area (Å²) in [5.74, 6) is -1.71. The zero-order chi connectivity index (χ0) is 10.7. The highest BCUT2D eigenvalue weighted by Gasteiger charge is 2.16. The Morgan fingerprint density at radius 3 is 2.00 bits per heavy atom. The predicted octanol–water partition coefficient (Wildman–Crippen LogP) is 2.52. The lowest BCUT2D eigenvalue weighted by atomic mass is 10.2. The molecule has 74 valence electrons. The van der Waals surface area contributed by atoms with E-state index in [2.05, 4.69) is 18.5 Å². The summed E-state index contributed by atoms with van der Waals surface area (Å²) in [5, 5.41) is 0. The van der Waals surface area contributed by atoms with E-state index in [1.165, 1.54) is 0 Å². The van der Waals surface area contributed by atoms with Gasteiger partial charge in [-0.05, 0) is 0 Å². The van der Waals surface area contributed by atoms with Crippen LogP contribution in [-0.4, -0.2) is 5.75 Å². The molecule has 0 aromatic heterocycles. The van der Waals surface area contributed by atoms with Gasteiger partial charge in [0, 0.05) is 6.07 Å². The smallest absolute Gasteiger partial charge is 0.177 e. The van der Waals surface area contributed by atoms with E-state index in [0.717, 1.165) is 0 Å². The number of thiol groups is 1. The van der Waals surface area contributed by atoms with Crippen LogP contribution >= 0.6 is 12.6 Å². The Bertz CT molecular complexity index is 391. The lowest BCUT2D eigenvalue weighted by molar-refractivity contribution is 0.450. The standard InChI is InChI=1S/C9H4F4S/c10-6-4-7(11)9(13)5(8(6)12)2-1-3-14/h4,14H,3H2. The third-order valence-corrected chi connectivity index (χ3v) is 1.56. The van der Waals surface area contributed by atoms with E-state index < -0.39 is 28.8 Å². The molecule has 0 N–H and O–H groups in total. The van der Waals surface area contributed by atoms with Crippen molar-refractivity contribution in [3.05, 3.63) is 34.9 Å². The molecule has 0 fully saturated rings. The van der Waals surface area contributed by atoms with Crippen LogP contribution in [0.5, 0.6) is 0 Å². The summed E-state index contributed by atoms with van der Waals surface area (Å²) in [6, 6.07) is 0.135. The monoisotopic (exact) mass is 220 g/mol. The Kier molecular flexibility index (Phi) is 3.42. The van der Waals surface area contributed by atoms with Gasteiger partial charge in [0.05, 0.1) is 5.75 Å². The first-order chi connectivity index (χ1) is 6.57. The molecule has 5 heteroatoms. The Labute approximate surface area is 83.3 Å². The van der Waals surface area contributed by atoms with Gasteiger partial charge < -0.3 is 0 Å². The fourth-order valence-corrected chi connectivity index (χ4v) is 0.890. The molecule has 1 aromatic rings. The lowest BCUT2D eigenvalue weighted by Gasteiger charge is -1.99. The Morgan fingerprint density at radius 1 is 1.07 bits per heavy atom. The van der Waals surface area contributed by atoms with Crippen LogP contribution in [0, 0.1) is 35.1 Å². The Hall–Kier alpha value is -1.15. The average molecular weight is 220 g/mol. The molecule has 0 spiro atoms. The molecule has 0 aliphatic rings. The molecular formula is C9H4F4S. The van der Waals surface area contributed by atoms with Crippen LogP contribution in [0.1, 0.15) is 5.56 Å². The highest BCUT2D eigenvalue weighted by atomic mass is 32.1. The second kappa shape index (κ2) is 4.38. The lowest BCUT2D eigenvalue weighted by Crippen LogP contribution is -1.98. The Balaban J connectivity index is 3.39. The molecule has 1 aromatic carbocycles. The van der Waals surface area contributed by atoms with Crippen LogP contribution < -0.4 is 0 Å². The first-order valence-corrected chi connectivity index (χ1v) is 4.14. The van der Waals surface area contributed by atoms with E-state index >= 15 is 0 Å². The molecule has 14 heavy (non-hydrogen) atoms. The van der Waals surface area contributed by atoms with Crippen molar-refractivity contribution in [2.75, 3.05) is 5.75 Å². The molecule has 0 aliphatic heterocycles. The first-order valence-electron chi connectivity index (χ1n) is 3.50. The maximum absolute atomic E-state index is 12.9. The van der Waals surface area contributed by atoms with Crippen molar-refractivity contribution in [2.24, 2.45) is 0 Å². The van der Waals surface area contributed by atoms with Gasteiger partial charge in [0.1, 0.15) is 5.56 Å². The minimum absolute atomic E-state index is 0.0387. The highest BCUT2D eigenvalue weighted by Crippen LogP contribution is 2.17. The molecule has 1 rings (SSSR count). The topological polar surface area (TPSA) is 0 Å². The van der Waals surface area contributed by atoms with Gasteiger partial charge in [-0.25, -0.2) is 17.6 Å². The van der Waals surface area contributed by atoms with Gasteiger partial charge in [-0.3, -0.25) is 0 Å². The number of hydrogen-bond donors (Lipinski definition) is 1. The van der Waals surface area contributed by atoms with Crippen molar-refractivity contribution in [1.82, 2.24) is 0 Å². The summed E-state index contributed by atoms with van der Waals surface area (Å²) in [4.78, 5) is 0. The third kappa shape index (κ3) is 2.02. The van der Waals surface area contributed by atoms with Crippen LogP contribution in [-0.2, 0) is 0 Å². The summed E-state index contributed by atoms with van der Waals surface area (Å²) >= 11 is 3.67. The van der Waals surface area contributed by atoms with Gasteiger partial charge in [0.2, 0.25) is 0 Å². The normalized spacial score (nSPS) is 9.50. The van der Waals surface area contributed by atoms with Crippen LogP contribution in [0.15, 0.2) is 6.07 Å². The second-order valence-electron chi connectivity index (χ2n) is 2.30. The summed E-state index contributed by atoms with van der Waals surface area (Å²) in [6.07, 6.45) is 0. The van der Waals surface area contributed by atoms with E-state index in [-0.39, 0.29) is 11.8 Å². The van der Waals surface area contributed by atoms with Gasteiger partial charge in [0.25, 0.3) is 0 Å². The molecule has 0 saturated carbocycles. The SMILES string of the molecule is Fc1cc(F)c(F)c(C#CCS)c1F. The molecule has 0 saturated heterocycles. The molecule has 0 unspecified atom stereocenters. The van der Waals surface area contributed by atoms with E-state index in [0.29, 0.717) is 0 Å². The zero-order valence-corrected chi connectivity index (χ0v) is 7.64. The molecule has 0 heterocycles. The fourth-order valence-electron chi connectivity index (χ4n) is 0.811. The van der Waals surface area contributed by atoms with Gasteiger partial charge in [-0.1, -0.05) is 11.8 Å². The van der Waals surface area contributed by atoms with Crippen LogP contribution in [0.25, 0.3) is 0 Å². The van der Waals surface area contributed by atoms with Gasteiger partial charge >= 0.3 is 0 Å². The maximum Gasteiger partial charge on any atom is 0.177 e. The van der Waals surface area contributed by atoms with Gasteiger partial charge in [0.15, 0.2) is 23.3 Å². The molecule has 0 radical (unpaired) electrons. The highest BCUT2D eigenvalue weighted by molar-refractivity contribution is 7.80. The van der Waals surface area contributed by atoms with Crippen molar-refractivity contribution in [2.45, 2.75) is 0 Å². The van der Waals surface area contributed by atoms with Crippen LogP contribution in [0.4, 0.5) is 17.6 Å². The molecular weight excluding hydrogens is 216 g/mol. The second-order valence-corrected chi connectivity index (χ2v) is 2.62. The average Bonchev–Trinajstić information content (AvgIpc) is 2.15. The fraction of sp³-hybridized carbons (Fsp3) is 0.111. The molecule has 0 amide bonds. The number of benzene rings is 1. The summed E-state index contributed by atoms with van der Waals surface area (Å²) in [7, 11) is 0. The number of halogens is 4. The van der Waals surface area contributed by atoms with Crippen LogP contribution in [0.2, 0.25) is 0 Å². The molecule has 0 bridgehead atoms. The van der Waals surface area contributed by atoms with Crippen molar-refractivity contribution in [3.63, 3.8) is 0 Å². The largest absolute Gasteiger partial charge is 0.204 e. The van der Waals surface area contributed by atoms with E-state index in [9.17, 15) is 17.6 Å². The van der Waals surface area contributed by atoms with E-state index in [1.807, 2.05) is 5.92 Å². The van der Waals surface area contributed by atoms with Gasteiger partial charge in [-0.15, -0.1) is 0 Å². The van der Waals surface area contributed by atoms with Gasteiger partial charge in [-0.2, -0.15) is 12.6 Å². The van der Waals surface area contributed by atoms with Crippen LogP contribution in [0.3, 0.4) is 0 Å². The summed E-state index contributed by atoms with van der Waals surface area (Å²) in [5.41, 5.74) is -0.906. The summed E-state index contributed by atoms with van der Waals surface area (Å²) < 4.78 is 50.9. The molecule has 0 atom stereocenters. The third-order valence-electron chi connectivity index (χ3n) is 1.40. The number of hydrogen-bond acceptors (Lipinski definition) is 1. The minimum Gasteiger partial charge on any atom is -0.204 e. The van der Waals surface area contributed by atoms with Crippen molar-refractivity contribution < 1.29 is 17.6 Å². The predicted molar refractivity (Wildman–Crippen MR) is 47.0 cm³/mol.